The Hall–Kier alpha value is -7.74. The summed E-state index contributed by atoms with van der Waals surface area (Å²) in [6.45, 7) is 0. The second-order valence-corrected chi connectivity index (χ2v) is 12.8. The second-order valence-electron chi connectivity index (χ2n) is 12.8. The molecule has 0 saturated carbocycles. The van der Waals surface area contributed by atoms with Gasteiger partial charge in [0.2, 0.25) is 0 Å². The average Bonchev–Trinajstić information content (AvgIpc) is 3.74. The highest BCUT2D eigenvalue weighted by Crippen LogP contribution is 2.30. The van der Waals surface area contributed by atoms with E-state index in [1.807, 2.05) is 0 Å². The molecule has 0 amide bonds. The predicted octanol–water partition coefficient (Wildman–Crippen LogP) is 2.78. The summed E-state index contributed by atoms with van der Waals surface area (Å²) in [5, 5.41) is 0.399. The summed E-state index contributed by atoms with van der Waals surface area (Å²) in [4.78, 5) is 103. The minimum Gasteiger partial charge on any atom is -0.457 e. The zero-order valence-corrected chi connectivity index (χ0v) is 28.1. The van der Waals surface area contributed by atoms with Gasteiger partial charge in [-0.3, -0.25) is 47.5 Å². The van der Waals surface area contributed by atoms with Gasteiger partial charge >= 0.3 is 0 Å². The van der Waals surface area contributed by atoms with Crippen LogP contribution in [0.4, 0.5) is 0 Å². The van der Waals surface area contributed by atoms with E-state index in [-0.39, 0.29) is 54.5 Å². The van der Waals surface area contributed by atoms with Crippen molar-refractivity contribution in [2.75, 3.05) is 0 Å². The van der Waals surface area contributed by atoms with Crippen molar-refractivity contribution >= 4 is 43.1 Å². The summed E-state index contributed by atoms with van der Waals surface area (Å²) in [5.74, 6) is 1.42. The van der Waals surface area contributed by atoms with Gasteiger partial charge in [0.05, 0.1) is 54.5 Å². The zero-order valence-electron chi connectivity index (χ0n) is 28.1. The third-order valence-corrected chi connectivity index (χ3v) is 9.64. The lowest BCUT2D eigenvalue weighted by Gasteiger charge is -2.10. The maximum Gasteiger partial charge on any atom is 0.266 e. The lowest BCUT2D eigenvalue weighted by atomic mass is 10.1. The molecule has 0 atom stereocenters. The van der Waals surface area contributed by atoms with Crippen LogP contribution in [-0.4, -0.2) is 18.3 Å². The monoisotopic (exact) mass is 718 g/mol. The number of fused-ring (bicyclic) bond motifs is 4. The molecule has 0 aliphatic rings. The number of ether oxygens (including phenoxy) is 2. The van der Waals surface area contributed by atoms with Crippen molar-refractivity contribution in [1.82, 2.24) is 18.3 Å². The molecule has 14 heteroatoms. The van der Waals surface area contributed by atoms with Crippen LogP contribution in [0.1, 0.15) is 0 Å². The zero-order chi connectivity index (χ0) is 37.7. The summed E-state index contributed by atoms with van der Waals surface area (Å²) >= 11 is 0. The van der Waals surface area contributed by atoms with Crippen LogP contribution in [0.15, 0.2) is 135 Å². The first kappa shape index (κ1) is 32.2. The molecule has 0 aliphatic carbocycles. The lowest BCUT2D eigenvalue weighted by Crippen LogP contribution is -2.23. The van der Waals surface area contributed by atoms with Crippen LogP contribution in [0, 0.1) is 0 Å². The third kappa shape index (κ3) is 4.60. The van der Waals surface area contributed by atoms with Gasteiger partial charge in [-0.15, -0.1) is 0 Å². The molecule has 0 N–H and O–H groups in total. The van der Waals surface area contributed by atoms with Crippen LogP contribution in [-0.2, 0) is 14.1 Å². The van der Waals surface area contributed by atoms with E-state index in [2.05, 4.69) is 0 Å². The fraction of sp³-hybridized carbons (Fsp3) is 0.0500. The fourth-order valence-corrected chi connectivity index (χ4v) is 6.88. The van der Waals surface area contributed by atoms with E-state index in [9.17, 15) is 38.4 Å². The summed E-state index contributed by atoms with van der Waals surface area (Å²) < 4.78 is 15.9. The van der Waals surface area contributed by atoms with Crippen molar-refractivity contribution in [1.29, 1.82) is 0 Å². The maximum atomic E-state index is 13.4. The van der Waals surface area contributed by atoms with Gasteiger partial charge in [-0.25, -0.2) is 9.13 Å². The molecule has 14 nitrogen and oxygen atoms in total. The molecule has 0 spiro atoms. The van der Waals surface area contributed by atoms with Crippen LogP contribution in [0.3, 0.4) is 0 Å². The molecule has 0 bridgehead atoms. The molecule has 0 unspecified atom stereocenters. The molecule has 9 rings (SSSR count). The average molecular weight is 719 g/mol. The Morgan fingerprint density at radius 1 is 0.333 bits per heavy atom. The molecular weight excluding hydrogens is 696 g/mol. The van der Waals surface area contributed by atoms with Crippen molar-refractivity contribution in [2.45, 2.75) is 0 Å². The van der Waals surface area contributed by atoms with E-state index in [0.717, 1.165) is 18.3 Å². The molecule has 54 heavy (non-hydrogen) atoms. The van der Waals surface area contributed by atoms with Gasteiger partial charge in [0.1, 0.15) is 23.0 Å². The first-order chi connectivity index (χ1) is 25.9. The van der Waals surface area contributed by atoms with Crippen molar-refractivity contribution in [2.24, 2.45) is 14.1 Å². The smallest absolute Gasteiger partial charge is 0.266 e. The third-order valence-electron chi connectivity index (χ3n) is 9.64. The van der Waals surface area contributed by atoms with E-state index in [4.69, 9.17) is 9.47 Å². The SMILES string of the molecule is Cn1c(=O)c2cc3c(=O)n(-c4ccc(Oc5cccc(Oc6cccc(-n7c(=O)c8cc9c(=O)n(C)c(=O)c9cc8c7=O)c6)c5)cc4)c(=O)c3cc2c1=O. The highest BCUT2D eigenvalue weighted by Gasteiger charge is 2.21. The van der Waals surface area contributed by atoms with Gasteiger partial charge in [0, 0.05) is 26.2 Å². The van der Waals surface area contributed by atoms with E-state index in [1.165, 1.54) is 56.6 Å². The Bertz CT molecular complexity index is 3380. The van der Waals surface area contributed by atoms with Gasteiger partial charge in [0.25, 0.3) is 44.5 Å². The Balaban J connectivity index is 0.976. The Kier molecular flexibility index (Phi) is 6.78. The molecule has 0 saturated heterocycles. The first-order valence-electron chi connectivity index (χ1n) is 16.4. The normalized spacial score (nSPS) is 11.7. The van der Waals surface area contributed by atoms with Crippen molar-refractivity contribution in [3.8, 4) is 34.4 Å². The van der Waals surface area contributed by atoms with Crippen LogP contribution in [0.25, 0.3) is 54.5 Å². The van der Waals surface area contributed by atoms with Gasteiger partial charge in [-0.1, -0.05) is 12.1 Å². The summed E-state index contributed by atoms with van der Waals surface area (Å²) in [7, 11) is 2.67. The minimum absolute atomic E-state index is 0.0229. The number of hydrogen-bond donors (Lipinski definition) is 0. The standard InChI is InChI=1S/C40H22N4O10/c1-41-33(45)25-15-29-30(16-26(25)34(41)46)38(50)43(37(29)49)19-9-11-21(12-10-19)53-23-7-4-8-24(14-23)54-22-6-3-5-20(13-22)44-39(51)31-17-27-28(18-32(31)40(44)52)36(48)42(2)35(27)47/h3-18H,1-2H3. The van der Waals surface area contributed by atoms with Crippen LogP contribution < -0.4 is 53.9 Å². The number of rotatable bonds is 6. The molecule has 0 radical (unpaired) electrons. The molecule has 0 fully saturated rings. The van der Waals surface area contributed by atoms with Crippen molar-refractivity contribution < 1.29 is 9.47 Å². The number of nitrogens with zero attached hydrogens (tertiary/aromatic N) is 4. The van der Waals surface area contributed by atoms with Gasteiger partial charge < -0.3 is 9.47 Å². The first-order valence-corrected chi connectivity index (χ1v) is 16.4. The minimum atomic E-state index is -0.640. The van der Waals surface area contributed by atoms with Crippen LogP contribution >= 0.6 is 0 Å². The molecule has 5 aromatic carbocycles. The van der Waals surface area contributed by atoms with Crippen LogP contribution in [0.2, 0.25) is 0 Å². The number of hydrogen-bond acceptors (Lipinski definition) is 10. The number of aromatic nitrogens is 4. The molecule has 4 heterocycles. The largest absolute Gasteiger partial charge is 0.457 e. The van der Waals surface area contributed by atoms with Gasteiger partial charge in [-0.2, -0.15) is 0 Å². The van der Waals surface area contributed by atoms with E-state index in [1.54, 1.807) is 54.6 Å². The Morgan fingerprint density at radius 3 is 1.09 bits per heavy atom. The van der Waals surface area contributed by atoms with E-state index < -0.39 is 44.5 Å². The van der Waals surface area contributed by atoms with Gasteiger partial charge in [-0.05, 0) is 72.8 Å². The molecule has 9 aromatic rings. The molecular formula is C40H22N4O10. The lowest BCUT2D eigenvalue weighted by molar-refractivity contribution is 0.460. The topological polar surface area (TPSA) is 175 Å². The molecule has 4 aromatic heterocycles. The number of benzene rings is 5. The van der Waals surface area contributed by atoms with Gasteiger partial charge in [0.15, 0.2) is 0 Å². The Morgan fingerprint density at radius 2 is 0.667 bits per heavy atom. The van der Waals surface area contributed by atoms with Crippen LogP contribution in [0.5, 0.6) is 23.0 Å². The summed E-state index contributed by atoms with van der Waals surface area (Å²) in [6, 6.07) is 24.3. The van der Waals surface area contributed by atoms with Crippen molar-refractivity contribution in [3.05, 3.63) is 180 Å². The Labute approximate surface area is 298 Å². The van der Waals surface area contributed by atoms with Crippen molar-refractivity contribution in [3.63, 3.8) is 0 Å². The quantitative estimate of drug-likeness (QED) is 0.249. The maximum absolute atomic E-state index is 13.4. The van der Waals surface area contributed by atoms with E-state index >= 15 is 0 Å². The molecule has 262 valence electrons. The highest BCUT2D eigenvalue weighted by molar-refractivity contribution is 5.99. The molecule has 0 aliphatic heterocycles. The summed E-state index contributed by atoms with van der Waals surface area (Å²) in [6.07, 6.45) is 0. The highest BCUT2D eigenvalue weighted by atomic mass is 16.5. The second kappa shape index (κ2) is 11.4. The predicted molar refractivity (Wildman–Crippen MR) is 201 cm³/mol. The summed E-state index contributed by atoms with van der Waals surface area (Å²) in [5.41, 5.74) is -4.22. The van der Waals surface area contributed by atoms with E-state index in [0.29, 0.717) is 23.0 Å². The fourth-order valence-electron chi connectivity index (χ4n) is 6.88.